The molecule has 0 aromatic carbocycles. The second kappa shape index (κ2) is 4.09. The largest absolute Gasteiger partial charge is 0.444 e. The Morgan fingerprint density at radius 2 is 2.07 bits per heavy atom. The number of alkyl carbamates (subject to hydrolysis) is 1. The quantitative estimate of drug-likeness (QED) is 0.722. The maximum Gasteiger partial charge on any atom is 0.408 e. The van der Waals surface area contributed by atoms with Crippen molar-refractivity contribution in [1.82, 2.24) is 5.32 Å². The molecule has 5 nitrogen and oxygen atoms in total. The summed E-state index contributed by atoms with van der Waals surface area (Å²) in [6, 6.07) is 0. The van der Waals surface area contributed by atoms with Gasteiger partial charge in [0.15, 0.2) is 11.1 Å². The lowest BCUT2D eigenvalue weighted by molar-refractivity contribution is 0.0502. The number of ether oxygens (including phenoxy) is 1. The smallest absolute Gasteiger partial charge is 0.408 e. The van der Waals surface area contributed by atoms with Gasteiger partial charge in [-0.25, -0.2) is 9.00 Å². The maximum atomic E-state index is 11.4. The molecular weight excluding hydrogens is 218 g/mol. The predicted molar refractivity (Wildman–Crippen MR) is 57.0 cm³/mol. The van der Waals surface area contributed by atoms with E-state index in [-0.39, 0.29) is 5.75 Å². The molecule has 1 aliphatic rings. The zero-order chi connectivity index (χ0) is 11.7. The van der Waals surface area contributed by atoms with Crippen LogP contribution in [0.4, 0.5) is 4.79 Å². The highest BCUT2D eigenvalue weighted by Crippen LogP contribution is 2.36. The molecule has 1 rings (SSSR count). The van der Waals surface area contributed by atoms with E-state index < -0.39 is 28.3 Å². The lowest BCUT2D eigenvalue weighted by atomic mass is 10.2. The molecule has 15 heavy (non-hydrogen) atoms. The Kier molecular flexibility index (Phi) is 3.40. The van der Waals surface area contributed by atoms with Gasteiger partial charge in [-0.1, -0.05) is 0 Å². The first kappa shape index (κ1) is 12.4. The van der Waals surface area contributed by atoms with Crippen molar-refractivity contribution in [2.45, 2.75) is 44.8 Å². The molecule has 1 aliphatic carbocycles. The molecule has 0 aromatic rings. The lowest BCUT2D eigenvalue weighted by Crippen LogP contribution is -2.43. The van der Waals surface area contributed by atoms with Gasteiger partial charge in [-0.3, -0.25) is 0 Å². The van der Waals surface area contributed by atoms with E-state index in [9.17, 15) is 9.00 Å². The highest BCUT2D eigenvalue weighted by Gasteiger charge is 2.46. The Morgan fingerprint density at radius 3 is 2.40 bits per heavy atom. The van der Waals surface area contributed by atoms with E-state index in [0.717, 1.165) is 12.8 Å². The highest BCUT2D eigenvalue weighted by molar-refractivity contribution is 7.79. The van der Waals surface area contributed by atoms with Gasteiger partial charge in [0.25, 0.3) is 0 Å². The highest BCUT2D eigenvalue weighted by atomic mass is 32.2. The van der Waals surface area contributed by atoms with E-state index in [4.69, 9.17) is 9.29 Å². The standard InChI is InChI=1S/C9H17NO4S/c1-8(2,3)14-7(11)10-9(4-5-9)6-15(12)13/h4-6H2,1-3H3,(H,10,11)(H,12,13). The number of hydrogen-bond acceptors (Lipinski definition) is 3. The molecule has 0 aliphatic heterocycles. The van der Waals surface area contributed by atoms with Crippen LogP contribution in [0.25, 0.3) is 0 Å². The van der Waals surface area contributed by atoms with Crippen molar-refractivity contribution in [2.75, 3.05) is 5.75 Å². The normalized spacial score (nSPS) is 20.5. The minimum absolute atomic E-state index is 0.0756. The van der Waals surface area contributed by atoms with Crippen LogP contribution in [-0.4, -0.2) is 31.7 Å². The third-order valence-corrected chi connectivity index (χ3v) is 2.82. The fourth-order valence-corrected chi connectivity index (χ4v) is 2.05. The Morgan fingerprint density at radius 1 is 1.53 bits per heavy atom. The monoisotopic (exact) mass is 235 g/mol. The minimum atomic E-state index is -1.88. The van der Waals surface area contributed by atoms with Gasteiger partial charge in [0.05, 0.1) is 11.3 Å². The van der Waals surface area contributed by atoms with Gasteiger partial charge < -0.3 is 14.6 Å². The maximum absolute atomic E-state index is 11.4. The Balaban J connectivity index is 2.41. The Hall–Kier alpha value is -0.620. The van der Waals surface area contributed by atoms with Crippen molar-refractivity contribution in [3.05, 3.63) is 0 Å². The van der Waals surface area contributed by atoms with Crippen molar-refractivity contribution >= 4 is 17.2 Å². The van der Waals surface area contributed by atoms with Gasteiger partial charge >= 0.3 is 6.09 Å². The van der Waals surface area contributed by atoms with Gasteiger partial charge in [-0.15, -0.1) is 0 Å². The summed E-state index contributed by atoms with van der Waals surface area (Å²) in [6.45, 7) is 5.32. The molecule has 0 saturated heterocycles. The molecule has 1 atom stereocenters. The summed E-state index contributed by atoms with van der Waals surface area (Å²) in [5.74, 6) is 0.0756. The molecule has 0 bridgehead atoms. The number of hydrogen-bond donors (Lipinski definition) is 2. The minimum Gasteiger partial charge on any atom is -0.444 e. The Labute approximate surface area is 91.9 Å². The summed E-state index contributed by atoms with van der Waals surface area (Å²) >= 11 is -1.88. The molecule has 1 amide bonds. The van der Waals surface area contributed by atoms with Crippen LogP contribution < -0.4 is 5.32 Å². The first-order chi connectivity index (χ1) is 6.72. The zero-order valence-electron chi connectivity index (χ0n) is 9.20. The molecule has 1 fully saturated rings. The van der Waals surface area contributed by atoms with E-state index >= 15 is 0 Å². The number of carbonyl (C=O) groups is 1. The molecule has 1 unspecified atom stereocenters. The van der Waals surface area contributed by atoms with Gasteiger partial charge in [0, 0.05) is 0 Å². The van der Waals surface area contributed by atoms with Crippen LogP contribution in [0.2, 0.25) is 0 Å². The molecule has 0 radical (unpaired) electrons. The SMILES string of the molecule is CC(C)(C)OC(=O)NC1(CS(=O)O)CC1. The average molecular weight is 235 g/mol. The summed E-state index contributed by atoms with van der Waals surface area (Å²) in [4.78, 5) is 11.4. The molecule has 2 N–H and O–H groups in total. The third kappa shape index (κ3) is 4.61. The summed E-state index contributed by atoms with van der Waals surface area (Å²) < 4.78 is 24.5. The number of carbonyl (C=O) groups excluding carboxylic acids is 1. The van der Waals surface area contributed by atoms with Crippen molar-refractivity contribution in [3.8, 4) is 0 Å². The van der Waals surface area contributed by atoms with Crippen molar-refractivity contribution in [3.63, 3.8) is 0 Å². The second-order valence-corrected chi connectivity index (χ2v) is 5.80. The van der Waals surface area contributed by atoms with Crippen molar-refractivity contribution in [1.29, 1.82) is 0 Å². The molecular formula is C9H17NO4S. The second-order valence-electron chi connectivity index (χ2n) is 4.87. The van der Waals surface area contributed by atoms with Crippen molar-refractivity contribution in [2.24, 2.45) is 0 Å². The van der Waals surface area contributed by atoms with Crippen LogP contribution >= 0.6 is 0 Å². The molecule has 0 heterocycles. The van der Waals surface area contributed by atoms with Gasteiger partial charge in [-0.2, -0.15) is 0 Å². The molecule has 1 saturated carbocycles. The van der Waals surface area contributed by atoms with E-state index in [1.54, 1.807) is 20.8 Å². The molecule has 0 spiro atoms. The first-order valence-corrected chi connectivity index (χ1v) is 6.09. The number of amides is 1. The first-order valence-electron chi connectivity index (χ1n) is 4.81. The zero-order valence-corrected chi connectivity index (χ0v) is 10.0. The van der Waals surface area contributed by atoms with E-state index in [2.05, 4.69) is 5.32 Å². The van der Waals surface area contributed by atoms with Crippen molar-refractivity contribution < 1.29 is 18.3 Å². The summed E-state index contributed by atoms with van der Waals surface area (Å²) in [5, 5.41) is 2.64. The Bertz CT molecular complexity index is 280. The van der Waals surface area contributed by atoms with E-state index in [1.165, 1.54) is 0 Å². The van der Waals surface area contributed by atoms with Crippen LogP contribution in [0.15, 0.2) is 0 Å². The predicted octanol–water partition coefficient (Wildman–Crippen LogP) is 1.27. The van der Waals surface area contributed by atoms with Crippen LogP contribution in [0, 0.1) is 0 Å². The summed E-state index contributed by atoms with van der Waals surface area (Å²) in [5.41, 5.74) is -1.06. The van der Waals surface area contributed by atoms with Crippen LogP contribution in [0.5, 0.6) is 0 Å². The number of nitrogens with one attached hydrogen (secondary N) is 1. The number of rotatable bonds is 3. The third-order valence-electron chi connectivity index (χ3n) is 2.02. The van der Waals surface area contributed by atoms with Crippen LogP contribution in [0.3, 0.4) is 0 Å². The van der Waals surface area contributed by atoms with Gasteiger partial charge in [0.1, 0.15) is 5.60 Å². The molecule has 6 heteroatoms. The fourth-order valence-electron chi connectivity index (χ4n) is 1.21. The van der Waals surface area contributed by atoms with Crippen LogP contribution in [0.1, 0.15) is 33.6 Å². The molecule has 0 aromatic heterocycles. The summed E-state index contributed by atoms with van der Waals surface area (Å²) in [7, 11) is 0. The van der Waals surface area contributed by atoms with Crippen LogP contribution in [-0.2, 0) is 15.8 Å². The topological polar surface area (TPSA) is 75.6 Å². The lowest BCUT2D eigenvalue weighted by Gasteiger charge is -2.22. The van der Waals surface area contributed by atoms with E-state index in [0.29, 0.717) is 0 Å². The fraction of sp³-hybridized carbons (Fsp3) is 0.889. The van der Waals surface area contributed by atoms with Gasteiger partial charge in [-0.05, 0) is 33.6 Å². The van der Waals surface area contributed by atoms with Gasteiger partial charge in [0.2, 0.25) is 0 Å². The molecule has 88 valence electrons. The summed E-state index contributed by atoms with van der Waals surface area (Å²) in [6.07, 6.45) is 0.947. The van der Waals surface area contributed by atoms with E-state index in [1.807, 2.05) is 0 Å². The average Bonchev–Trinajstić information content (AvgIpc) is 2.61.